The van der Waals surface area contributed by atoms with Crippen LogP contribution in [0.5, 0.6) is 0 Å². The maximum atomic E-state index is 12.4. The van der Waals surface area contributed by atoms with Crippen molar-refractivity contribution >= 4 is 63.0 Å². The number of aryl methyl sites for hydroxylation is 1. The van der Waals surface area contributed by atoms with Gasteiger partial charge in [-0.1, -0.05) is 54.4 Å². The van der Waals surface area contributed by atoms with Gasteiger partial charge in [-0.2, -0.15) is 11.8 Å². The van der Waals surface area contributed by atoms with Crippen molar-refractivity contribution < 1.29 is 4.79 Å². The highest BCUT2D eigenvalue weighted by Gasteiger charge is 2.20. The van der Waals surface area contributed by atoms with Crippen molar-refractivity contribution in [3.8, 4) is 0 Å². The van der Waals surface area contributed by atoms with Gasteiger partial charge in [-0.25, -0.2) is 4.98 Å². The number of carbonyl (C=O) groups excluding carboxylic acids is 1. The first-order chi connectivity index (χ1) is 13.5. The van der Waals surface area contributed by atoms with Gasteiger partial charge in [0.2, 0.25) is 5.91 Å². The van der Waals surface area contributed by atoms with Gasteiger partial charge in [-0.05, 0) is 35.7 Å². The van der Waals surface area contributed by atoms with Gasteiger partial charge >= 0.3 is 0 Å². The Kier molecular flexibility index (Phi) is 7.41. The van der Waals surface area contributed by atoms with Crippen LogP contribution in [0.25, 0.3) is 0 Å². The topological polar surface area (TPSA) is 33.2 Å². The summed E-state index contributed by atoms with van der Waals surface area (Å²) < 4.78 is 0. The summed E-state index contributed by atoms with van der Waals surface area (Å²) in [4.78, 5) is 18.7. The van der Waals surface area contributed by atoms with E-state index in [9.17, 15) is 4.79 Å². The highest BCUT2D eigenvalue weighted by Crippen LogP contribution is 2.34. The Labute approximate surface area is 183 Å². The second kappa shape index (κ2) is 9.79. The number of anilines is 2. The number of benzene rings is 2. The first-order valence-corrected chi connectivity index (χ1v) is 11.6. The number of thiazole rings is 1. The third-order valence-corrected chi connectivity index (χ3v) is 6.79. The highest BCUT2D eigenvalue weighted by atomic mass is 35.5. The summed E-state index contributed by atoms with van der Waals surface area (Å²) in [5.74, 6) is 1.39. The molecule has 28 heavy (non-hydrogen) atoms. The zero-order valence-corrected chi connectivity index (χ0v) is 18.8. The number of para-hydroxylation sites is 1. The molecule has 0 saturated heterocycles. The van der Waals surface area contributed by atoms with E-state index in [0.29, 0.717) is 20.9 Å². The van der Waals surface area contributed by atoms with Gasteiger partial charge in [-0.15, -0.1) is 11.3 Å². The molecule has 0 saturated carbocycles. The highest BCUT2D eigenvalue weighted by molar-refractivity contribution is 7.97. The Morgan fingerprint density at radius 1 is 1.11 bits per heavy atom. The Balaban J connectivity index is 1.74. The lowest BCUT2D eigenvalue weighted by atomic mass is 10.1. The van der Waals surface area contributed by atoms with Crippen LogP contribution in [0.1, 0.15) is 30.7 Å². The van der Waals surface area contributed by atoms with Gasteiger partial charge in [0.05, 0.1) is 11.4 Å². The number of rotatable bonds is 7. The van der Waals surface area contributed by atoms with Gasteiger partial charge in [-0.3, -0.25) is 9.69 Å². The van der Waals surface area contributed by atoms with Crippen LogP contribution >= 0.6 is 46.3 Å². The van der Waals surface area contributed by atoms with E-state index in [0.717, 1.165) is 34.7 Å². The molecule has 146 valence electrons. The minimum absolute atomic E-state index is 0.0442. The maximum Gasteiger partial charge on any atom is 0.230 e. The normalized spacial score (nSPS) is 10.9. The summed E-state index contributed by atoms with van der Waals surface area (Å²) in [6, 6.07) is 13.5. The zero-order chi connectivity index (χ0) is 20.1. The van der Waals surface area contributed by atoms with Crippen LogP contribution in [-0.4, -0.2) is 10.9 Å². The van der Waals surface area contributed by atoms with E-state index >= 15 is 0 Å². The summed E-state index contributed by atoms with van der Waals surface area (Å²) in [6.45, 7) is 3.66. The molecule has 0 radical (unpaired) electrons. The van der Waals surface area contributed by atoms with Crippen LogP contribution < -0.4 is 4.90 Å². The van der Waals surface area contributed by atoms with Crippen LogP contribution in [0, 0.1) is 0 Å². The summed E-state index contributed by atoms with van der Waals surface area (Å²) in [5, 5.41) is 4.05. The largest absolute Gasteiger partial charge is 0.274 e. The number of carbonyl (C=O) groups is 1. The molecule has 0 N–H and O–H groups in total. The van der Waals surface area contributed by atoms with Gasteiger partial charge in [0.15, 0.2) is 5.13 Å². The van der Waals surface area contributed by atoms with Crippen LogP contribution in [0.4, 0.5) is 10.8 Å². The third-order valence-electron chi connectivity index (χ3n) is 4.22. The van der Waals surface area contributed by atoms with Gasteiger partial charge in [0, 0.05) is 33.9 Å². The Hall–Kier alpha value is -1.53. The molecule has 0 fully saturated rings. The second-order valence-electron chi connectivity index (χ2n) is 6.15. The Bertz CT molecular complexity index is 954. The van der Waals surface area contributed by atoms with Crippen molar-refractivity contribution in [3.05, 3.63) is 74.7 Å². The van der Waals surface area contributed by atoms with Crippen molar-refractivity contribution in [2.45, 2.75) is 31.8 Å². The predicted molar refractivity (Wildman–Crippen MR) is 122 cm³/mol. The van der Waals surface area contributed by atoms with Crippen LogP contribution in [0.3, 0.4) is 0 Å². The number of aromatic nitrogens is 1. The molecule has 1 heterocycles. The molecule has 0 aliphatic rings. The summed E-state index contributed by atoms with van der Waals surface area (Å²) in [7, 11) is 0. The molecule has 1 amide bonds. The van der Waals surface area contributed by atoms with E-state index in [1.165, 1.54) is 11.3 Å². The fraction of sp³-hybridized carbons (Fsp3) is 0.238. The lowest BCUT2D eigenvalue weighted by Gasteiger charge is -2.20. The van der Waals surface area contributed by atoms with Crippen molar-refractivity contribution in [2.75, 3.05) is 4.90 Å². The van der Waals surface area contributed by atoms with Crippen molar-refractivity contribution in [1.29, 1.82) is 0 Å². The maximum absolute atomic E-state index is 12.4. The van der Waals surface area contributed by atoms with E-state index in [4.69, 9.17) is 28.2 Å². The number of amides is 1. The molecule has 7 heteroatoms. The monoisotopic (exact) mass is 450 g/mol. The van der Waals surface area contributed by atoms with Gasteiger partial charge in [0.25, 0.3) is 0 Å². The molecule has 2 aromatic carbocycles. The fourth-order valence-corrected chi connectivity index (χ4v) is 5.48. The zero-order valence-electron chi connectivity index (χ0n) is 15.6. The summed E-state index contributed by atoms with van der Waals surface area (Å²) in [6.07, 6.45) is 0.854. The molecule has 1 aromatic heterocycles. The van der Waals surface area contributed by atoms with Crippen molar-refractivity contribution in [2.24, 2.45) is 0 Å². The van der Waals surface area contributed by atoms with E-state index < -0.39 is 0 Å². The third kappa shape index (κ3) is 4.90. The lowest BCUT2D eigenvalue weighted by molar-refractivity contribution is -0.115. The number of hydrogen-bond donors (Lipinski definition) is 0. The van der Waals surface area contributed by atoms with E-state index in [-0.39, 0.29) is 5.91 Å². The predicted octanol–water partition coefficient (Wildman–Crippen LogP) is 7.13. The SMILES string of the molecule is CCc1ccccc1N(C(C)=O)c1nc(CSCc2c(Cl)cccc2Cl)cs1. The number of hydrogen-bond acceptors (Lipinski definition) is 4. The lowest BCUT2D eigenvalue weighted by Crippen LogP contribution is -2.23. The van der Waals surface area contributed by atoms with Crippen molar-refractivity contribution in [3.63, 3.8) is 0 Å². The molecule has 0 aliphatic carbocycles. The van der Waals surface area contributed by atoms with Crippen LogP contribution in [-0.2, 0) is 22.7 Å². The molecular formula is C21H20Cl2N2OS2. The molecule has 0 unspecified atom stereocenters. The minimum atomic E-state index is -0.0442. The van der Waals surface area contributed by atoms with Gasteiger partial charge in [0.1, 0.15) is 0 Å². The standard InChI is InChI=1S/C21H20Cl2N2OS2/c1-3-15-7-4-5-10-20(15)25(14(2)26)21-24-16(12-28-21)11-27-13-17-18(22)8-6-9-19(17)23/h4-10,12H,3,11,13H2,1-2H3. The van der Waals surface area contributed by atoms with E-state index in [1.54, 1.807) is 23.6 Å². The first-order valence-electron chi connectivity index (χ1n) is 8.85. The van der Waals surface area contributed by atoms with Crippen LogP contribution in [0.2, 0.25) is 10.0 Å². The molecule has 3 nitrogen and oxygen atoms in total. The summed E-state index contributed by atoms with van der Waals surface area (Å²) in [5.41, 5.74) is 3.90. The molecule has 0 aliphatic heterocycles. The summed E-state index contributed by atoms with van der Waals surface area (Å²) >= 11 is 15.6. The van der Waals surface area contributed by atoms with E-state index in [1.807, 2.05) is 47.8 Å². The molecule has 3 aromatic rings. The molecule has 0 bridgehead atoms. The van der Waals surface area contributed by atoms with E-state index in [2.05, 4.69) is 6.92 Å². The Morgan fingerprint density at radius 3 is 2.50 bits per heavy atom. The number of nitrogens with zero attached hydrogens (tertiary/aromatic N) is 2. The minimum Gasteiger partial charge on any atom is -0.274 e. The molecule has 0 spiro atoms. The number of halogens is 2. The fourth-order valence-electron chi connectivity index (χ4n) is 2.83. The molecular weight excluding hydrogens is 431 g/mol. The van der Waals surface area contributed by atoms with Crippen LogP contribution in [0.15, 0.2) is 47.8 Å². The average Bonchev–Trinajstić information content (AvgIpc) is 3.13. The second-order valence-corrected chi connectivity index (χ2v) is 8.79. The average molecular weight is 451 g/mol. The molecule has 3 rings (SSSR count). The first kappa shape index (κ1) is 21.2. The van der Waals surface area contributed by atoms with Crippen molar-refractivity contribution in [1.82, 2.24) is 4.98 Å². The smallest absolute Gasteiger partial charge is 0.230 e. The molecule has 0 atom stereocenters. The quantitative estimate of drug-likeness (QED) is 0.383. The van der Waals surface area contributed by atoms with Gasteiger partial charge < -0.3 is 0 Å². The Morgan fingerprint density at radius 2 is 1.82 bits per heavy atom. The number of thioether (sulfide) groups is 1.